The molecule has 0 aliphatic carbocycles. The second kappa shape index (κ2) is 7.13. The number of likely N-dealkylation sites (tertiary alicyclic amines) is 1. The molecule has 0 spiro atoms. The first kappa shape index (κ1) is 16.8. The van der Waals surface area contributed by atoms with Crippen molar-refractivity contribution in [1.82, 2.24) is 20.0 Å². The smallest absolute Gasteiger partial charge is 0.317 e. The van der Waals surface area contributed by atoms with Crippen LogP contribution in [0.25, 0.3) is 0 Å². The van der Waals surface area contributed by atoms with Crippen LogP contribution in [0.5, 0.6) is 0 Å². The number of hydrogen-bond donors (Lipinski definition) is 2. The van der Waals surface area contributed by atoms with Crippen LogP contribution >= 0.6 is 0 Å². The number of nitrogens with one attached hydrogen (secondary N) is 1. The van der Waals surface area contributed by atoms with Crippen molar-refractivity contribution in [2.75, 3.05) is 19.7 Å². The molecule has 124 valence electrons. The van der Waals surface area contributed by atoms with Crippen LogP contribution in [0.2, 0.25) is 0 Å². The molecule has 1 aromatic heterocycles. The topological polar surface area (TPSA) is 70.4 Å². The van der Waals surface area contributed by atoms with Gasteiger partial charge in [-0.15, -0.1) is 0 Å². The normalized spacial score (nSPS) is 21.6. The van der Waals surface area contributed by atoms with Gasteiger partial charge in [-0.05, 0) is 31.2 Å². The van der Waals surface area contributed by atoms with E-state index < -0.39 is 0 Å². The number of aliphatic hydroxyl groups is 1. The summed E-state index contributed by atoms with van der Waals surface area (Å²) in [7, 11) is 1.90. The first-order chi connectivity index (χ1) is 10.5. The Kier molecular flexibility index (Phi) is 5.45. The van der Waals surface area contributed by atoms with Crippen LogP contribution in [0.3, 0.4) is 0 Å². The van der Waals surface area contributed by atoms with Crippen molar-refractivity contribution in [3.05, 3.63) is 18.0 Å². The van der Waals surface area contributed by atoms with Crippen LogP contribution in [0.4, 0.5) is 4.79 Å². The molecule has 1 aliphatic rings. The molecule has 2 amide bonds. The number of amides is 2. The van der Waals surface area contributed by atoms with E-state index in [-0.39, 0.29) is 18.2 Å². The summed E-state index contributed by atoms with van der Waals surface area (Å²) in [6, 6.07) is 1.90. The predicted molar refractivity (Wildman–Crippen MR) is 85.5 cm³/mol. The number of carbonyl (C=O) groups is 1. The average molecular weight is 308 g/mol. The third-order valence-electron chi connectivity index (χ3n) is 4.50. The summed E-state index contributed by atoms with van der Waals surface area (Å²) in [5, 5.41) is 17.0. The molecule has 1 saturated heterocycles. The van der Waals surface area contributed by atoms with Crippen molar-refractivity contribution in [3.8, 4) is 0 Å². The minimum atomic E-state index is -0.384. The van der Waals surface area contributed by atoms with Crippen LogP contribution < -0.4 is 5.32 Å². The lowest BCUT2D eigenvalue weighted by molar-refractivity contribution is 0.0677. The van der Waals surface area contributed by atoms with E-state index in [1.807, 2.05) is 22.7 Å². The van der Waals surface area contributed by atoms with Gasteiger partial charge in [0.05, 0.1) is 12.1 Å². The summed E-state index contributed by atoms with van der Waals surface area (Å²) >= 11 is 0. The summed E-state index contributed by atoms with van der Waals surface area (Å²) in [6.07, 6.45) is 5.21. The van der Waals surface area contributed by atoms with Gasteiger partial charge in [0.25, 0.3) is 0 Å². The summed E-state index contributed by atoms with van der Waals surface area (Å²) in [4.78, 5) is 14.3. The van der Waals surface area contributed by atoms with Gasteiger partial charge in [-0.1, -0.05) is 13.8 Å². The van der Waals surface area contributed by atoms with Gasteiger partial charge in [0, 0.05) is 38.4 Å². The van der Waals surface area contributed by atoms with E-state index >= 15 is 0 Å². The average Bonchev–Trinajstić information content (AvgIpc) is 3.05. The second-order valence-electron chi connectivity index (χ2n) is 6.66. The second-order valence-corrected chi connectivity index (χ2v) is 6.66. The molecule has 1 fully saturated rings. The van der Waals surface area contributed by atoms with Gasteiger partial charge in [0.1, 0.15) is 0 Å². The van der Waals surface area contributed by atoms with Crippen molar-refractivity contribution < 1.29 is 9.90 Å². The summed E-state index contributed by atoms with van der Waals surface area (Å²) in [5.41, 5.74) is 0.711. The maximum Gasteiger partial charge on any atom is 0.317 e. The van der Waals surface area contributed by atoms with Crippen molar-refractivity contribution in [3.63, 3.8) is 0 Å². The number of hydrogen-bond acceptors (Lipinski definition) is 3. The van der Waals surface area contributed by atoms with E-state index in [1.165, 1.54) is 0 Å². The van der Waals surface area contributed by atoms with Crippen LogP contribution in [-0.2, 0) is 13.5 Å². The van der Waals surface area contributed by atoms with Crippen LogP contribution in [0.1, 0.15) is 38.8 Å². The molecule has 0 unspecified atom stereocenters. The molecule has 6 heteroatoms. The highest BCUT2D eigenvalue weighted by atomic mass is 16.3. The van der Waals surface area contributed by atoms with E-state index in [9.17, 15) is 9.90 Å². The third kappa shape index (κ3) is 3.61. The number of rotatable bonds is 6. The molecule has 1 aromatic rings. The quantitative estimate of drug-likeness (QED) is 0.837. The highest BCUT2D eigenvalue weighted by molar-refractivity contribution is 5.75. The molecule has 22 heavy (non-hydrogen) atoms. The fourth-order valence-corrected chi connectivity index (χ4v) is 3.50. The number of aromatic nitrogens is 2. The molecule has 0 aromatic carbocycles. The Hall–Kier alpha value is -1.56. The Morgan fingerprint density at radius 2 is 2.32 bits per heavy atom. The lowest BCUT2D eigenvalue weighted by Gasteiger charge is -2.38. The van der Waals surface area contributed by atoms with E-state index in [1.54, 1.807) is 6.20 Å². The molecule has 6 nitrogen and oxygen atoms in total. The number of carbonyl (C=O) groups excluding carboxylic acids is 1. The summed E-state index contributed by atoms with van der Waals surface area (Å²) < 4.78 is 1.82. The van der Waals surface area contributed by atoms with Crippen molar-refractivity contribution in [1.29, 1.82) is 0 Å². The minimum absolute atomic E-state index is 0.0420. The van der Waals surface area contributed by atoms with Gasteiger partial charge in [0.15, 0.2) is 0 Å². The van der Waals surface area contributed by atoms with Gasteiger partial charge < -0.3 is 15.3 Å². The van der Waals surface area contributed by atoms with Crippen molar-refractivity contribution in [2.24, 2.45) is 13.0 Å². The molecule has 0 saturated carbocycles. The lowest BCUT2D eigenvalue weighted by Crippen LogP contribution is -2.54. The van der Waals surface area contributed by atoms with Gasteiger partial charge in [-0.25, -0.2) is 4.79 Å². The van der Waals surface area contributed by atoms with E-state index in [0.717, 1.165) is 37.9 Å². The molecule has 1 aliphatic heterocycles. The first-order valence-electron chi connectivity index (χ1n) is 8.12. The van der Waals surface area contributed by atoms with Crippen LogP contribution in [0, 0.1) is 5.92 Å². The van der Waals surface area contributed by atoms with Crippen molar-refractivity contribution in [2.45, 2.75) is 45.1 Å². The van der Waals surface area contributed by atoms with E-state index in [0.29, 0.717) is 12.5 Å². The highest BCUT2D eigenvalue weighted by Gasteiger charge is 2.43. The molecule has 0 bridgehead atoms. The minimum Gasteiger partial charge on any atom is -0.394 e. The summed E-state index contributed by atoms with van der Waals surface area (Å²) in [6.45, 7) is 5.62. The van der Waals surface area contributed by atoms with Gasteiger partial charge in [-0.3, -0.25) is 4.68 Å². The monoisotopic (exact) mass is 308 g/mol. The molecule has 2 N–H and O–H groups in total. The van der Waals surface area contributed by atoms with Crippen molar-refractivity contribution >= 4 is 6.03 Å². The number of nitrogens with zero attached hydrogens (tertiary/aromatic N) is 3. The third-order valence-corrected chi connectivity index (χ3v) is 4.50. The Labute approximate surface area is 132 Å². The Morgan fingerprint density at radius 1 is 1.55 bits per heavy atom. The van der Waals surface area contributed by atoms with Crippen LogP contribution in [0.15, 0.2) is 12.3 Å². The number of aliphatic hydroxyl groups excluding tert-OH is 1. The van der Waals surface area contributed by atoms with Gasteiger partial charge in [0.2, 0.25) is 0 Å². The van der Waals surface area contributed by atoms with E-state index in [2.05, 4.69) is 24.3 Å². The molecular formula is C16H28N4O2. The zero-order valence-electron chi connectivity index (χ0n) is 13.9. The highest BCUT2D eigenvalue weighted by Crippen LogP contribution is 2.34. The SMILES string of the molecule is CC(C)C[C@]1(CO)CCCN1C(=O)NCCc1ccnn1C. The zero-order chi connectivity index (χ0) is 16.2. The predicted octanol–water partition coefficient (Wildman–Crippen LogP) is 1.55. The van der Waals surface area contributed by atoms with Gasteiger partial charge >= 0.3 is 6.03 Å². The fraction of sp³-hybridized carbons (Fsp3) is 0.750. The van der Waals surface area contributed by atoms with E-state index in [4.69, 9.17) is 0 Å². The molecule has 2 heterocycles. The maximum absolute atomic E-state index is 12.5. The molecular weight excluding hydrogens is 280 g/mol. The van der Waals surface area contributed by atoms with Crippen LogP contribution in [-0.4, -0.2) is 51.1 Å². The van der Waals surface area contributed by atoms with Gasteiger partial charge in [-0.2, -0.15) is 5.10 Å². The Balaban J connectivity index is 1.91. The Bertz CT molecular complexity index is 500. The molecule has 2 rings (SSSR count). The lowest BCUT2D eigenvalue weighted by atomic mass is 9.87. The Morgan fingerprint density at radius 3 is 2.91 bits per heavy atom. The fourth-order valence-electron chi connectivity index (χ4n) is 3.50. The molecule has 0 radical (unpaired) electrons. The molecule has 1 atom stereocenters. The zero-order valence-corrected chi connectivity index (χ0v) is 13.9. The summed E-state index contributed by atoms with van der Waals surface area (Å²) in [5.74, 6) is 0.454. The number of urea groups is 1. The standard InChI is InChI=1S/C16H28N4O2/c1-13(2)11-16(12-21)7-4-10-20(16)15(22)17-8-5-14-6-9-18-19(14)3/h6,9,13,21H,4-5,7-8,10-12H2,1-3H3,(H,17,22)/t16-/m0/s1. The number of aryl methyl sites for hydroxylation is 1. The first-order valence-corrected chi connectivity index (χ1v) is 8.12. The largest absolute Gasteiger partial charge is 0.394 e. The maximum atomic E-state index is 12.5.